The quantitative estimate of drug-likeness (QED) is 0.517. The average molecular weight is 356 g/mol. The van der Waals surface area contributed by atoms with Crippen molar-refractivity contribution in [2.45, 2.75) is 19.0 Å². The van der Waals surface area contributed by atoms with Crippen LogP contribution in [0.25, 0.3) is 5.65 Å². The highest BCUT2D eigenvalue weighted by Gasteiger charge is 2.22. The van der Waals surface area contributed by atoms with Crippen molar-refractivity contribution >= 4 is 29.0 Å². The zero-order chi connectivity index (χ0) is 17.4. The summed E-state index contributed by atoms with van der Waals surface area (Å²) >= 11 is 1.59. The van der Waals surface area contributed by atoms with E-state index in [-0.39, 0.29) is 0 Å². The largest absolute Gasteiger partial charge is 0.353 e. The van der Waals surface area contributed by atoms with Crippen LogP contribution < -0.4 is 9.80 Å². The van der Waals surface area contributed by atoms with E-state index in [1.165, 1.54) is 0 Å². The Morgan fingerprint density at radius 1 is 1.00 bits per heavy atom. The molecule has 3 aromatic heterocycles. The van der Waals surface area contributed by atoms with Gasteiger partial charge in [-0.1, -0.05) is 11.8 Å². The first kappa shape index (κ1) is 16.1. The van der Waals surface area contributed by atoms with Crippen molar-refractivity contribution in [3.8, 4) is 0 Å². The van der Waals surface area contributed by atoms with Gasteiger partial charge in [0.15, 0.2) is 10.8 Å². The summed E-state index contributed by atoms with van der Waals surface area (Å²) in [6.07, 6.45) is 3.64. The molecule has 0 bridgehead atoms. The molecule has 9 heteroatoms. The summed E-state index contributed by atoms with van der Waals surface area (Å²) < 4.78 is 1.71. The predicted molar refractivity (Wildman–Crippen MR) is 98.5 cm³/mol. The standard InChI is InChI=1S/C16H20N8S/c1-11-12(2)18-16(25-3)19-15(11)23-8-6-22(7-9-23)14-5-4-13-20-17-10-24(13)21-14/h4-5,10H,6-9H2,1-3H3. The maximum atomic E-state index is 4.73. The third kappa shape index (κ3) is 2.99. The molecule has 0 spiro atoms. The van der Waals surface area contributed by atoms with Gasteiger partial charge in [0, 0.05) is 37.4 Å². The first-order valence-corrected chi connectivity index (χ1v) is 9.44. The molecule has 1 fully saturated rings. The number of piperazine rings is 1. The molecule has 0 aromatic carbocycles. The number of anilines is 2. The van der Waals surface area contributed by atoms with Crippen molar-refractivity contribution in [3.05, 3.63) is 29.7 Å². The summed E-state index contributed by atoms with van der Waals surface area (Å²) in [5, 5.41) is 13.3. The Hall–Kier alpha value is -2.42. The molecule has 0 unspecified atom stereocenters. The summed E-state index contributed by atoms with van der Waals surface area (Å²) in [5.74, 6) is 2.01. The normalized spacial score (nSPS) is 15.2. The second-order valence-corrected chi connectivity index (χ2v) is 6.82. The van der Waals surface area contributed by atoms with E-state index in [1.54, 1.807) is 22.6 Å². The van der Waals surface area contributed by atoms with E-state index in [2.05, 4.69) is 43.9 Å². The average Bonchev–Trinajstić information content (AvgIpc) is 3.12. The molecule has 0 atom stereocenters. The van der Waals surface area contributed by atoms with Crippen LogP contribution >= 0.6 is 11.8 Å². The second kappa shape index (κ2) is 6.47. The SMILES string of the molecule is CSc1nc(C)c(C)c(N2CCN(c3ccc4nncn4n3)CC2)n1. The molecular weight excluding hydrogens is 336 g/mol. The van der Waals surface area contributed by atoms with Gasteiger partial charge in [0.2, 0.25) is 0 Å². The van der Waals surface area contributed by atoms with Crippen molar-refractivity contribution in [1.29, 1.82) is 0 Å². The summed E-state index contributed by atoms with van der Waals surface area (Å²) in [7, 11) is 0. The van der Waals surface area contributed by atoms with E-state index in [4.69, 9.17) is 4.98 Å². The van der Waals surface area contributed by atoms with Gasteiger partial charge in [0.1, 0.15) is 18.0 Å². The Bertz CT molecular complexity index is 900. The van der Waals surface area contributed by atoms with Gasteiger partial charge in [-0.15, -0.1) is 15.3 Å². The highest BCUT2D eigenvalue weighted by atomic mass is 32.2. The summed E-state index contributed by atoms with van der Waals surface area (Å²) in [5.41, 5.74) is 2.98. The number of hydrogen-bond donors (Lipinski definition) is 0. The van der Waals surface area contributed by atoms with E-state index in [0.29, 0.717) is 0 Å². The zero-order valence-corrected chi connectivity index (χ0v) is 15.4. The zero-order valence-electron chi connectivity index (χ0n) is 14.5. The molecule has 130 valence electrons. The van der Waals surface area contributed by atoms with E-state index in [0.717, 1.165) is 59.9 Å². The summed E-state index contributed by atoms with van der Waals surface area (Å²) in [6, 6.07) is 3.95. The van der Waals surface area contributed by atoms with Gasteiger partial charge in [-0.05, 0) is 32.2 Å². The smallest absolute Gasteiger partial charge is 0.189 e. The molecule has 0 aliphatic carbocycles. The molecule has 8 nitrogen and oxygen atoms in total. The molecule has 3 aromatic rings. The van der Waals surface area contributed by atoms with Crippen LogP contribution in [0.5, 0.6) is 0 Å². The molecule has 1 saturated heterocycles. The number of hydrogen-bond acceptors (Lipinski definition) is 8. The van der Waals surface area contributed by atoms with Crippen LogP contribution in [0.15, 0.2) is 23.6 Å². The molecule has 25 heavy (non-hydrogen) atoms. The fourth-order valence-electron chi connectivity index (χ4n) is 3.02. The lowest BCUT2D eigenvalue weighted by Gasteiger charge is -2.36. The van der Waals surface area contributed by atoms with Crippen molar-refractivity contribution in [2.24, 2.45) is 0 Å². The molecule has 0 radical (unpaired) electrons. The maximum absolute atomic E-state index is 4.73. The molecule has 0 N–H and O–H groups in total. The van der Waals surface area contributed by atoms with Gasteiger partial charge in [-0.2, -0.15) is 4.52 Å². The van der Waals surface area contributed by atoms with Crippen molar-refractivity contribution in [1.82, 2.24) is 29.8 Å². The second-order valence-electron chi connectivity index (χ2n) is 6.04. The van der Waals surface area contributed by atoms with Crippen LogP contribution in [-0.2, 0) is 0 Å². The molecule has 0 amide bonds. The van der Waals surface area contributed by atoms with E-state index < -0.39 is 0 Å². The monoisotopic (exact) mass is 356 g/mol. The van der Waals surface area contributed by atoms with Gasteiger partial charge in [-0.25, -0.2) is 9.97 Å². The topological polar surface area (TPSA) is 75.3 Å². The molecule has 1 aliphatic heterocycles. The minimum Gasteiger partial charge on any atom is -0.353 e. The fourth-order valence-corrected chi connectivity index (χ4v) is 3.43. The Labute approximate surface area is 150 Å². The van der Waals surface area contributed by atoms with Gasteiger partial charge in [0.05, 0.1) is 0 Å². The van der Waals surface area contributed by atoms with Crippen LogP contribution in [0, 0.1) is 13.8 Å². The highest BCUT2D eigenvalue weighted by Crippen LogP contribution is 2.24. The number of aryl methyl sites for hydroxylation is 1. The number of thioether (sulfide) groups is 1. The van der Waals surface area contributed by atoms with Gasteiger partial charge < -0.3 is 9.80 Å². The van der Waals surface area contributed by atoms with Gasteiger partial charge >= 0.3 is 0 Å². The van der Waals surface area contributed by atoms with Crippen molar-refractivity contribution < 1.29 is 0 Å². The van der Waals surface area contributed by atoms with E-state index in [1.807, 2.05) is 18.4 Å². The third-order valence-corrected chi connectivity index (χ3v) is 5.12. The van der Waals surface area contributed by atoms with Gasteiger partial charge in [0.25, 0.3) is 0 Å². The minimum absolute atomic E-state index is 0.763. The Morgan fingerprint density at radius 2 is 1.76 bits per heavy atom. The minimum atomic E-state index is 0.763. The van der Waals surface area contributed by atoms with Crippen LogP contribution in [0.2, 0.25) is 0 Å². The lowest BCUT2D eigenvalue weighted by Crippen LogP contribution is -2.47. The highest BCUT2D eigenvalue weighted by molar-refractivity contribution is 7.98. The fraction of sp³-hybridized carbons (Fsp3) is 0.438. The Morgan fingerprint density at radius 3 is 2.52 bits per heavy atom. The number of aromatic nitrogens is 6. The van der Waals surface area contributed by atoms with Crippen LogP contribution in [0.3, 0.4) is 0 Å². The number of fused-ring (bicyclic) bond motifs is 1. The lowest BCUT2D eigenvalue weighted by molar-refractivity contribution is 0.630. The van der Waals surface area contributed by atoms with E-state index >= 15 is 0 Å². The van der Waals surface area contributed by atoms with Gasteiger partial charge in [-0.3, -0.25) is 0 Å². The predicted octanol–water partition coefficient (Wildman–Crippen LogP) is 1.58. The number of rotatable bonds is 3. The van der Waals surface area contributed by atoms with Crippen LogP contribution in [0.4, 0.5) is 11.6 Å². The van der Waals surface area contributed by atoms with Crippen LogP contribution in [0.1, 0.15) is 11.3 Å². The van der Waals surface area contributed by atoms with Crippen molar-refractivity contribution in [3.63, 3.8) is 0 Å². The third-order valence-electron chi connectivity index (χ3n) is 4.58. The first-order valence-electron chi connectivity index (χ1n) is 8.22. The molecular formula is C16H20N8S. The lowest BCUT2D eigenvalue weighted by atomic mass is 10.2. The van der Waals surface area contributed by atoms with E-state index in [9.17, 15) is 0 Å². The molecule has 4 rings (SSSR count). The Kier molecular flexibility index (Phi) is 4.16. The molecule has 0 saturated carbocycles. The Balaban J connectivity index is 1.52. The first-order chi connectivity index (χ1) is 12.2. The van der Waals surface area contributed by atoms with Crippen molar-refractivity contribution in [2.75, 3.05) is 42.2 Å². The van der Waals surface area contributed by atoms with Crippen LogP contribution in [-0.4, -0.2) is 62.2 Å². The molecule has 1 aliphatic rings. The maximum Gasteiger partial charge on any atom is 0.189 e. The summed E-state index contributed by atoms with van der Waals surface area (Å²) in [6.45, 7) is 7.77. The summed E-state index contributed by atoms with van der Waals surface area (Å²) in [4.78, 5) is 13.9. The molecule has 4 heterocycles. The number of nitrogens with zero attached hydrogens (tertiary/aromatic N) is 8.